The molecule has 0 aliphatic carbocycles. The fourth-order valence-electron chi connectivity index (χ4n) is 2.28. The van der Waals surface area contributed by atoms with Crippen LogP contribution in [0.5, 0.6) is 0 Å². The van der Waals surface area contributed by atoms with E-state index in [9.17, 15) is 13.2 Å². The monoisotopic (exact) mass is 395 g/mol. The van der Waals surface area contributed by atoms with Crippen molar-refractivity contribution in [1.82, 2.24) is 10.3 Å². The Balaban J connectivity index is 2.21. The third-order valence-electron chi connectivity index (χ3n) is 3.83. The van der Waals surface area contributed by atoms with E-state index in [1.54, 1.807) is 23.5 Å². The minimum Gasteiger partial charge on any atom is -0.346 e. The van der Waals surface area contributed by atoms with Crippen LogP contribution in [0.3, 0.4) is 0 Å². The summed E-state index contributed by atoms with van der Waals surface area (Å²) < 4.78 is 23.8. The molecular weight excluding hydrogens is 370 g/mol. The van der Waals surface area contributed by atoms with E-state index in [1.165, 1.54) is 0 Å². The summed E-state index contributed by atoms with van der Waals surface area (Å²) in [5.41, 5.74) is 2.03. The van der Waals surface area contributed by atoms with Crippen LogP contribution in [0.25, 0.3) is 0 Å². The van der Waals surface area contributed by atoms with Gasteiger partial charge in [-0.2, -0.15) is 0 Å². The molecule has 0 spiro atoms. The predicted molar refractivity (Wildman–Crippen MR) is 106 cm³/mol. The quantitative estimate of drug-likeness (QED) is 0.629. The maximum atomic E-state index is 12.5. The lowest BCUT2D eigenvalue weighted by atomic mass is 9.94. The highest BCUT2D eigenvalue weighted by Crippen LogP contribution is 2.25. The predicted octanol–water partition coefficient (Wildman–Crippen LogP) is 3.09. The molecule has 0 fully saturated rings. The van der Waals surface area contributed by atoms with Crippen LogP contribution in [0.1, 0.15) is 50.0 Å². The molecule has 0 radical (unpaired) electrons. The Labute approximate surface area is 160 Å². The lowest BCUT2D eigenvalue weighted by molar-refractivity contribution is -0.129. The van der Waals surface area contributed by atoms with E-state index < -0.39 is 16.3 Å². The van der Waals surface area contributed by atoms with Crippen molar-refractivity contribution >= 4 is 33.8 Å². The zero-order valence-electron chi connectivity index (χ0n) is 15.4. The first-order valence-corrected chi connectivity index (χ1v) is 10.5. The molecule has 0 saturated carbocycles. The standard InChI is InChI=1S/C18H25N3O3S2/c1-5-13-11-25-16(19-13)15(20-17(22)18(2,3)4)10-12-6-8-14(9-7-12)21-26(23)24/h6-9,11,15,26H,5,10H2,1-4H3,(H,20,22)(H,21,23,24)/t15-/m0/s1. The van der Waals surface area contributed by atoms with Gasteiger partial charge in [0, 0.05) is 16.5 Å². The maximum absolute atomic E-state index is 12.5. The molecule has 1 atom stereocenters. The first-order valence-electron chi connectivity index (χ1n) is 8.44. The highest BCUT2D eigenvalue weighted by molar-refractivity contribution is 7.73. The van der Waals surface area contributed by atoms with Crippen molar-refractivity contribution in [3.63, 3.8) is 0 Å². The van der Waals surface area contributed by atoms with Crippen LogP contribution in [-0.2, 0) is 28.5 Å². The molecule has 142 valence electrons. The molecular formula is C18H25N3O3S2. The number of carbonyl (C=O) groups excluding carboxylic acids is 1. The van der Waals surface area contributed by atoms with Crippen LogP contribution in [0, 0.1) is 5.41 Å². The first kappa shape index (κ1) is 20.4. The second-order valence-electron chi connectivity index (χ2n) is 7.08. The van der Waals surface area contributed by atoms with Gasteiger partial charge in [-0.1, -0.05) is 39.8 Å². The summed E-state index contributed by atoms with van der Waals surface area (Å²) in [5, 5.41) is 6.00. The van der Waals surface area contributed by atoms with Crippen molar-refractivity contribution in [3.8, 4) is 0 Å². The van der Waals surface area contributed by atoms with Gasteiger partial charge in [-0.15, -0.1) is 11.3 Å². The van der Waals surface area contributed by atoms with Gasteiger partial charge < -0.3 is 5.32 Å². The molecule has 1 aromatic heterocycles. The number of thiazole rings is 1. The van der Waals surface area contributed by atoms with Gasteiger partial charge in [-0.05, 0) is 30.5 Å². The van der Waals surface area contributed by atoms with E-state index in [-0.39, 0.29) is 11.9 Å². The summed E-state index contributed by atoms with van der Waals surface area (Å²) in [6.07, 6.45) is 1.44. The number of hydrogen-bond acceptors (Lipinski definition) is 5. The molecule has 2 aromatic rings. The zero-order chi connectivity index (χ0) is 19.3. The number of thiol groups is 1. The van der Waals surface area contributed by atoms with Crippen LogP contribution < -0.4 is 10.0 Å². The summed E-state index contributed by atoms with van der Waals surface area (Å²) in [6.45, 7) is 7.68. The van der Waals surface area contributed by atoms with Gasteiger partial charge in [0.1, 0.15) is 5.01 Å². The molecule has 8 heteroatoms. The largest absolute Gasteiger partial charge is 0.346 e. The molecule has 1 heterocycles. The molecule has 1 amide bonds. The molecule has 0 saturated heterocycles. The average Bonchev–Trinajstić information content (AvgIpc) is 3.03. The zero-order valence-corrected chi connectivity index (χ0v) is 17.1. The van der Waals surface area contributed by atoms with Gasteiger partial charge >= 0.3 is 0 Å². The van der Waals surface area contributed by atoms with Crippen molar-refractivity contribution in [2.24, 2.45) is 5.41 Å². The van der Waals surface area contributed by atoms with E-state index in [0.29, 0.717) is 12.1 Å². The summed E-state index contributed by atoms with van der Waals surface area (Å²) >= 11 is 1.55. The second-order valence-corrected chi connectivity index (χ2v) is 8.70. The summed E-state index contributed by atoms with van der Waals surface area (Å²) in [5.74, 6) is -0.0302. The molecule has 0 bridgehead atoms. The number of rotatable bonds is 7. The number of benzene rings is 1. The number of hydrogen-bond donors (Lipinski definition) is 3. The lowest BCUT2D eigenvalue weighted by Gasteiger charge is -2.23. The van der Waals surface area contributed by atoms with E-state index in [0.717, 1.165) is 22.7 Å². The van der Waals surface area contributed by atoms with Gasteiger partial charge in [0.25, 0.3) is 0 Å². The van der Waals surface area contributed by atoms with Gasteiger partial charge in [-0.3, -0.25) is 9.52 Å². The molecule has 0 unspecified atom stereocenters. The molecule has 0 aliphatic heterocycles. The number of carbonyl (C=O) groups is 1. The Kier molecular flexibility index (Phi) is 6.77. The number of nitrogens with zero attached hydrogens (tertiary/aromatic N) is 1. The SMILES string of the molecule is CCc1csc([C@H](Cc2ccc(N[SH](=O)=O)cc2)NC(=O)C(C)(C)C)n1. The number of anilines is 1. The van der Waals surface area contributed by atoms with Crippen LogP contribution in [0.4, 0.5) is 5.69 Å². The Bertz CT molecular complexity index is 813. The summed E-state index contributed by atoms with van der Waals surface area (Å²) in [4.78, 5) is 17.1. The van der Waals surface area contributed by atoms with Crippen LogP contribution in [0.2, 0.25) is 0 Å². The van der Waals surface area contributed by atoms with Crippen molar-refractivity contribution in [1.29, 1.82) is 0 Å². The number of aromatic nitrogens is 1. The van der Waals surface area contributed by atoms with Crippen molar-refractivity contribution in [3.05, 3.63) is 45.9 Å². The maximum Gasteiger partial charge on any atom is 0.225 e. The molecule has 1 aromatic carbocycles. The topological polar surface area (TPSA) is 88.2 Å². The van der Waals surface area contributed by atoms with Gasteiger partial charge in [0.15, 0.2) is 0 Å². The summed E-state index contributed by atoms with van der Waals surface area (Å²) in [7, 11) is -2.68. The first-order chi connectivity index (χ1) is 12.2. The Hall–Kier alpha value is -1.93. The molecule has 2 rings (SSSR count). The van der Waals surface area contributed by atoms with Gasteiger partial charge in [0.2, 0.25) is 16.8 Å². The van der Waals surface area contributed by atoms with Crippen molar-refractivity contribution in [2.75, 3.05) is 4.72 Å². The van der Waals surface area contributed by atoms with Crippen LogP contribution >= 0.6 is 11.3 Å². The smallest absolute Gasteiger partial charge is 0.225 e. The number of amides is 1. The minimum atomic E-state index is -2.68. The fraction of sp³-hybridized carbons (Fsp3) is 0.444. The van der Waals surface area contributed by atoms with E-state index >= 15 is 0 Å². The number of nitrogens with one attached hydrogen (secondary N) is 2. The third-order valence-corrected chi connectivity index (χ3v) is 5.28. The van der Waals surface area contributed by atoms with Crippen LogP contribution in [0.15, 0.2) is 29.6 Å². The van der Waals surface area contributed by atoms with E-state index in [1.807, 2.05) is 45.2 Å². The second kappa shape index (κ2) is 8.64. The highest BCUT2D eigenvalue weighted by Gasteiger charge is 2.26. The minimum absolute atomic E-state index is 0.0302. The van der Waals surface area contributed by atoms with Gasteiger partial charge in [0.05, 0.1) is 11.7 Å². The highest BCUT2D eigenvalue weighted by atomic mass is 32.2. The number of aryl methyl sites for hydroxylation is 1. The van der Waals surface area contributed by atoms with E-state index in [4.69, 9.17) is 0 Å². The normalized spacial score (nSPS) is 12.8. The molecule has 26 heavy (non-hydrogen) atoms. The average molecular weight is 396 g/mol. The fourth-order valence-corrected chi connectivity index (χ4v) is 3.59. The van der Waals surface area contributed by atoms with Gasteiger partial charge in [-0.25, -0.2) is 13.4 Å². The Morgan fingerprint density at radius 3 is 2.38 bits per heavy atom. The van der Waals surface area contributed by atoms with Crippen molar-refractivity contribution < 1.29 is 13.2 Å². The molecule has 0 aliphatic rings. The van der Waals surface area contributed by atoms with Crippen molar-refractivity contribution in [2.45, 2.75) is 46.6 Å². The Morgan fingerprint density at radius 1 is 1.23 bits per heavy atom. The lowest BCUT2D eigenvalue weighted by Crippen LogP contribution is -2.38. The van der Waals surface area contributed by atoms with E-state index in [2.05, 4.69) is 15.0 Å². The van der Waals surface area contributed by atoms with Crippen LogP contribution in [-0.4, -0.2) is 19.3 Å². The molecule has 2 N–H and O–H groups in total. The summed E-state index contributed by atoms with van der Waals surface area (Å²) in [6, 6.07) is 6.91. The molecule has 6 nitrogen and oxygen atoms in total. The Morgan fingerprint density at radius 2 is 1.88 bits per heavy atom. The third kappa shape index (κ3) is 5.81.